The molecule has 4 aromatic heterocycles. The molecule has 7 nitrogen and oxygen atoms in total. The highest BCUT2D eigenvalue weighted by Crippen LogP contribution is 2.27. The summed E-state index contributed by atoms with van der Waals surface area (Å²) in [6.45, 7) is 0. The lowest BCUT2D eigenvalue weighted by Crippen LogP contribution is -1.87. The first kappa shape index (κ1) is 13.4. The van der Waals surface area contributed by atoms with Gasteiger partial charge in [0, 0.05) is 11.8 Å². The van der Waals surface area contributed by atoms with Crippen molar-refractivity contribution in [2.24, 2.45) is 0 Å². The SMILES string of the molecule is c1coc(-c2cc(CSc3n[nH]c4nc5ccccc5n34)no2)c1. The van der Waals surface area contributed by atoms with Gasteiger partial charge in [0.15, 0.2) is 10.9 Å². The van der Waals surface area contributed by atoms with Crippen molar-refractivity contribution in [1.82, 2.24) is 24.7 Å². The molecule has 0 radical (unpaired) electrons. The van der Waals surface area contributed by atoms with Crippen LogP contribution in [0.1, 0.15) is 5.69 Å². The maximum absolute atomic E-state index is 5.32. The molecule has 5 aromatic rings. The molecule has 1 aromatic carbocycles. The second-order valence-electron chi connectivity index (χ2n) is 5.21. The van der Waals surface area contributed by atoms with Crippen LogP contribution >= 0.6 is 11.8 Å². The van der Waals surface area contributed by atoms with Crippen LogP contribution in [-0.4, -0.2) is 24.7 Å². The maximum Gasteiger partial charge on any atom is 0.231 e. The molecule has 4 heterocycles. The van der Waals surface area contributed by atoms with E-state index in [1.54, 1.807) is 18.0 Å². The van der Waals surface area contributed by atoms with E-state index in [9.17, 15) is 0 Å². The highest BCUT2D eigenvalue weighted by atomic mass is 32.2. The number of nitrogens with zero attached hydrogens (tertiary/aromatic N) is 4. The molecule has 24 heavy (non-hydrogen) atoms. The summed E-state index contributed by atoms with van der Waals surface area (Å²) in [7, 11) is 0. The Bertz CT molecular complexity index is 1120. The van der Waals surface area contributed by atoms with Gasteiger partial charge in [-0.3, -0.25) is 4.40 Å². The maximum atomic E-state index is 5.32. The number of H-pyrrole nitrogens is 1. The van der Waals surface area contributed by atoms with Gasteiger partial charge < -0.3 is 8.94 Å². The van der Waals surface area contributed by atoms with Crippen LogP contribution in [0.25, 0.3) is 28.3 Å². The lowest BCUT2D eigenvalue weighted by Gasteiger charge is -1.96. The number of aromatic amines is 1. The molecule has 0 amide bonds. The first-order valence-electron chi connectivity index (χ1n) is 7.32. The summed E-state index contributed by atoms with van der Waals surface area (Å²) >= 11 is 1.57. The first-order valence-corrected chi connectivity index (χ1v) is 8.31. The second-order valence-corrected chi connectivity index (χ2v) is 6.16. The average Bonchev–Trinajstić information content (AvgIpc) is 3.36. The molecule has 0 aliphatic rings. The molecule has 0 spiro atoms. The van der Waals surface area contributed by atoms with Gasteiger partial charge in [-0.05, 0) is 24.3 Å². The fraction of sp³-hybridized carbons (Fsp3) is 0.0625. The molecule has 8 heteroatoms. The van der Waals surface area contributed by atoms with Gasteiger partial charge >= 0.3 is 0 Å². The van der Waals surface area contributed by atoms with Gasteiger partial charge in [-0.2, -0.15) is 0 Å². The molecule has 0 aliphatic carbocycles. The Hall–Kier alpha value is -3.00. The minimum Gasteiger partial charge on any atom is -0.461 e. The summed E-state index contributed by atoms with van der Waals surface area (Å²) in [4.78, 5) is 4.51. The van der Waals surface area contributed by atoms with E-state index in [4.69, 9.17) is 8.94 Å². The van der Waals surface area contributed by atoms with E-state index in [2.05, 4.69) is 20.3 Å². The molecule has 0 fully saturated rings. The molecule has 0 aliphatic heterocycles. The lowest BCUT2D eigenvalue weighted by atomic mass is 10.3. The third-order valence-corrected chi connectivity index (χ3v) is 4.65. The smallest absolute Gasteiger partial charge is 0.231 e. The number of benzene rings is 1. The zero-order valence-corrected chi connectivity index (χ0v) is 13.2. The minimum absolute atomic E-state index is 0.621. The van der Waals surface area contributed by atoms with Crippen LogP contribution in [0.5, 0.6) is 0 Å². The van der Waals surface area contributed by atoms with E-state index >= 15 is 0 Å². The molecule has 5 rings (SSSR count). The van der Waals surface area contributed by atoms with Crippen LogP contribution in [0.4, 0.5) is 0 Å². The standard InChI is InChI=1S/C16H11N5O2S/c1-2-5-12-11(4-1)17-15-18-19-16(21(12)15)24-9-10-8-14(23-20-10)13-6-3-7-22-13/h1-8H,9H2,(H,17,18). The predicted octanol–water partition coefficient (Wildman–Crippen LogP) is 3.75. The van der Waals surface area contributed by atoms with Gasteiger partial charge in [0.25, 0.3) is 0 Å². The summed E-state index contributed by atoms with van der Waals surface area (Å²) in [5, 5.41) is 12.2. The van der Waals surface area contributed by atoms with Crippen LogP contribution in [0.15, 0.2) is 62.8 Å². The molecule has 0 bridgehead atoms. The van der Waals surface area contributed by atoms with Crippen molar-refractivity contribution in [1.29, 1.82) is 0 Å². The van der Waals surface area contributed by atoms with E-state index in [1.807, 2.05) is 46.9 Å². The topological polar surface area (TPSA) is 85.2 Å². The Balaban J connectivity index is 1.43. The van der Waals surface area contributed by atoms with Crippen molar-refractivity contribution in [2.75, 3.05) is 0 Å². The lowest BCUT2D eigenvalue weighted by molar-refractivity contribution is 0.413. The normalized spacial score (nSPS) is 11.7. The van der Waals surface area contributed by atoms with Gasteiger partial charge in [-0.15, -0.1) is 5.10 Å². The number of hydrogen-bond acceptors (Lipinski definition) is 6. The number of thioether (sulfide) groups is 1. The first-order chi connectivity index (χ1) is 11.9. The Kier molecular flexibility index (Phi) is 2.95. The molecular weight excluding hydrogens is 326 g/mol. The minimum atomic E-state index is 0.621. The van der Waals surface area contributed by atoms with Crippen LogP contribution in [0.2, 0.25) is 0 Å². The third kappa shape index (κ3) is 2.11. The van der Waals surface area contributed by atoms with Gasteiger partial charge in [0.2, 0.25) is 11.5 Å². The number of furan rings is 1. The van der Waals surface area contributed by atoms with Crippen LogP contribution < -0.4 is 0 Å². The van der Waals surface area contributed by atoms with Gasteiger partial charge in [-0.1, -0.05) is 29.1 Å². The summed E-state index contributed by atoms with van der Waals surface area (Å²) < 4.78 is 12.6. The number of hydrogen-bond donors (Lipinski definition) is 1. The van der Waals surface area contributed by atoms with Gasteiger partial charge in [-0.25, -0.2) is 10.1 Å². The molecule has 0 unspecified atom stereocenters. The van der Waals surface area contributed by atoms with Gasteiger partial charge in [0.05, 0.1) is 23.0 Å². The van der Waals surface area contributed by atoms with E-state index in [1.165, 1.54) is 0 Å². The Morgan fingerprint density at radius 1 is 1.12 bits per heavy atom. The Morgan fingerprint density at radius 2 is 2.08 bits per heavy atom. The number of para-hydroxylation sites is 2. The highest BCUT2D eigenvalue weighted by Gasteiger charge is 2.14. The van der Waals surface area contributed by atoms with Gasteiger partial charge in [0.1, 0.15) is 0 Å². The Morgan fingerprint density at radius 3 is 3.00 bits per heavy atom. The van der Waals surface area contributed by atoms with E-state index in [0.29, 0.717) is 17.3 Å². The van der Waals surface area contributed by atoms with Crippen molar-refractivity contribution in [3.05, 3.63) is 54.4 Å². The number of nitrogens with one attached hydrogen (secondary N) is 1. The molecule has 118 valence electrons. The van der Waals surface area contributed by atoms with Crippen LogP contribution in [-0.2, 0) is 5.75 Å². The predicted molar refractivity (Wildman–Crippen MR) is 88.6 cm³/mol. The monoisotopic (exact) mass is 337 g/mol. The summed E-state index contributed by atoms with van der Waals surface area (Å²) in [5.74, 6) is 2.66. The fourth-order valence-corrected chi connectivity index (χ4v) is 3.43. The molecular formula is C16H11N5O2S. The summed E-state index contributed by atoms with van der Waals surface area (Å²) in [5.41, 5.74) is 2.79. The van der Waals surface area contributed by atoms with Crippen molar-refractivity contribution in [3.63, 3.8) is 0 Å². The number of rotatable bonds is 4. The van der Waals surface area contributed by atoms with E-state index < -0.39 is 0 Å². The molecule has 1 N–H and O–H groups in total. The summed E-state index contributed by atoms with van der Waals surface area (Å²) in [6, 6.07) is 13.5. The van der Waals surface area contributed by atoms with E-state index in [-0.39, 0.29) is 0 Å². The van der Waals surface area contributed by atoms with Crippen LogP contribution in [0.3, 0.4) is 0 Å². The van der Waals surface area contributed by atoms with Crippen molar-refractivity contribution in [3.8, 4) is 11.5 Å². The molecule has 0 saturated carbocycles. The van der Waals surface area contributed by atoms with Crippen molar-refractivity contribution in [2.45, 2.75) is 10.9 Å². The quantitative estimate of drug-likeness (QED) is 0.503. The van der Waals surface area contributed by atoms with Crippen molar-refractivity contribution >= 4 is 28.6 Å². The van der Waals surface area contributed by atoms with Crippen LogP contribution in [0, 0.1) is 0 Å². The highest BCUT2D eigenvalue weighted by molar-refractivity contribution is 7.98. The summed E-state index contributed by atoms with van der Waals surface area (Å²) in [6.07, 6.45) is 1.61. The van der Waals surface area contributed by atoms with Crippen molar-refractivity contribution < 1.29 is 8.94 Å². The second kappa shape index (κ2) is 5.27. The number of aromatic nitrogens is 5. The number of imidazole rings is 1. The zero-order valence-electron chi connectivity index (χ0n) is 12.3. The van der Waals surface area contributed by atoms with E-state index in [0.717, 1.165) is 27.7 Å². The molecule has 0 saturated heterocycles. The fourth-order valence-electron chi connectivity index (χ4n) is 2.59. The number of fused-ring (bicyclic) bond motifs is 3. The zero-order chi connectivity index (χ0) is 15.9. The third-order valence-electron chi connectivity index (χ3n) is 3.68. The largest absolute Gasteiger partial charge is 0.461 e. The molecule has 0 atom stereocenters. The Labute approximate surface area is 139 Å². The average molecular weight is 337 g/mol.